The van der Waals surface area contributed by atoms with Crippen molar-refractivity contribution in [3.8, 4) is 5.75 Å². The van der Waals surface area contributed by atoms with Crippen molar-refractivity contribution >= 4 is 15.9 Å². The van der Waals surface area contributed by atoms with Crippen LogP contribution in [0.4, 0.5) is 4.39 Å². The van der Waals surface area contributed by atoms with Gasteiger partial charge in [-0.05, 0) is 25.6 Å². The van der Waals surface area contributed by atoms with E-state index < -0.39 is 0 Å². The lowest BCUT2D eigenvalue weighted by molar-refractivity contribution is 0.256. The molecule has 0 spiro atoms. The van der Waals surface area contributed by atoms with E-state index in [2.05, 4.69) is 25.7 Å². The highest BCUT2D eigenvalue weighted by Gasteiger charge is 2.16. The minimum absolute atomic E-state index is 0.175. The second kappa shape index (κ2) is 7.96. The third-order valence-corrected chi connectivity index (χ3v) is 4.09. The van der Waals surface area contributed by atoms with Crippen LogP contribution in [0.15, 0.2) is 18.2 Å². The summed E-state index contributed by atoms with van der Waals surface area (Å²) in [5.41, 5.74) is 0.750. The Labute approximate surface area is 128 Å². The second-order valence-electron chi connectivity index (χ2n) is 5.12. The molecular weight excluding hydrogens is 323 g/mol. The van der Waals surface area contributed by atoms with Crippen LogP contribution >= 0.6 is 15.9 Å². The maximum Gasteiger partial charge on any atom is 0.131 e. The molecule has 0 bridgehead atoms. The lowest BCUT2D eigenvalue weighted by Gasteiger charge is -2.21. The molecule has 1 heterocycles. The van der Waals surface area contributed by atoms with Crippen LogP contribution in [0.2, 0.25) is 0 Å². The predicted octanol–water partition coefficient (Wildman–Crippen LogP) is 2.74. The Morgan fingerprint density at radius 3 is 2.65 bits per heavy atom. The number of rotatable bonds is 5. The molecule has 1 aromatic rings. The molecule has 0 aliphatic carbocycles. The normalized spacial score (nSPS) is 17.9. The van der Waals surface area contributed by atoms with E-state index in [-0.39, 0.29) is 5.82 Å². The van der Waals surface area contributed by atoms with Crippen molar-refractivity contribution in [2.45, 2.75) is 13.0 Å². The summed E-state index contributed by atoms with van der Waals surface area (Å²) in [4.78, 5) is 4.79. The molecule has 20 heavy (non-hydrogen) atoms. The van der Waals surface area contributed by atoms with Gasteiger partial charge in [0.15, 0.2) is 0 Å². The van der Waals surface area contributed by atoms with Crippen LogP contribution in [-0.4, -0.2) is 55.0 Å². The molecule has 2 rings (SSSR count). The van der Waals surface area contributed by atoms with Crippen LogP contribution in [0, 0.1) is 5.82 Å². The fourth-order valence-electron chi connectivity index (χ4n) is 2.55. The Bertz CT molecular complexity index is 430. The smallest absolute Gasteiger partial charge is 0.131 e. The Morgan fingerprint density at radius 2 is 1.95 bits per heavy atom. The zero-order chi connectivity index (χ0) is 14.4. The van der Waals surface area contributed by atoms with Gasteiger partial charge in [0.25, 0.3) is 0 Å². The summed E-state index contributed by atoms with van der Waals surface area (Å²) in [6.07, 6.45) is 1.14. The van der Waals surface area contributed by atoms with Gasteiger partial charge in [-0.1, -0.05) is 22.0 Å². The summed E-state index contributed by atoms with van der Waals surface area (Å²) in [7, 11) is 1.56. The van der Waals surface area contributed by atoms with Gasteiger partial charge in [0.2, 0.25) is 0 Å². The molecule has 0 radical (unpaired) electrons. The van der Waals surface area contributed by atoms with Gasteiger partial charge in [-0.2, -0.15) is 0 Å². The van der Waals surface area contributed by atoms with Crippen molar-refractivity contribution in [2.75, 3.05) is 45.2 Å². The number of benzene rings is 1. The van der Waals surface area contributed by atoms with E-state index in [9.17, 15) is 4.39 Å². The zero-order valence-electron chi connectivity index (χ0n) is 11.9. The monoisotopic (exact) mass is 344 g/mol. The summed E-state index contributed by atoms with van der Waals surface area (Å²) < 4.78 is 19.0. The highest BCUT2D eigenvalue weighted by atomic mass is 79.9. The van der Waals surface area contributed by atoms with Gasteiger partial charge in [0.05, 0.1) is 7.11 Å². The molecule has 112 valence electrons. The SMILES string of the molecule is COc1ccc(CN2CCCN(CCBr)CC2)c(F)c1. The molecule has 1 fully saturated rings. The van der Waals surface area contributed by atoms with E-state index in [1.165, 1.54) is 6.07 Å². The Hall–Kier alpha value is -0.650. The van der Waals surface area contributed by atoms with Crippen molar-refractivity contribution in [2.24, 2.45) is 0 Å². The fraction of sp³-hybridized carbons (Fsp3) is 0.600. The molecule has 1 saturated heterocycles. The van der Waals surface area contributed by atoms with Gasteiger partial charge in [-0.15, -0.1) is 0 Å². The highest BCUT2D eigenvalue weighted by molar-refractivity contribution is 9.09. The van der Waals surface area contributed by atoms with E-state index in [0.29, 0.717) is 12.3 Å². The number of ether oxygens (including phenoxy) is 1. The highest BCUT2D eigenvalue weighted by Crippen LogP contribution is 2.18. The van der Waals surface area contributed by atoms with Crippen LogP contribution in [0.5, 0.6) is 5.75 Å². The van der Waals surface area contributed by atoms with E-state index in [0.717, 1.165) is 50.0 Å². The van der Waals surface area contributed by atoms with Crippen LogP contribution in [0.1, 0.15) is 12.0 Å². The molecule has 1 aliphatic rings. The molecule has 5 heteroatoms. The second-order valence-corrected chi connectivity index (χ2v) is 5.91. The molecule has 0 saturated carbocycles. The first kappa shape index (κ1) is 15.7. The third kappa shape index (κ3) is 4.43. The summed E-state index contributed by atoms with van der Waals surface area (Å²) >= 11 is 3.49. The molecule has 0 N–H and O–H groups in total. The van der Waals surface area contributed by atoms with E-state index in [1.54, 1.807) is 7.11 Å². The molecule has 0 aromatic heterocycles. The summed E-state index contributed by atoms with van der Waals surface area (Å²) in [5.74, 6) is 0.400. The molecular formula is C15H22BrFN2O. The zero-order valence-corrected chi connectivity index (χ0v) is 13.5. The number of halogens is 2. The Kier molecular flexibility index (Phi) is 6.26. The van der Waals surface area contributed by atoms with Crippen LogP contribution < -0.4 is 4.74 Å². The molecule has 1 aliphatic heterocycles. The Balaban J connectivity index is 1.93. The van der Waals surface area contributed by atoms with Crippen molar-refractivity contribution in [1.82, 2.24) is 9.80 Å². The van der Waals surface area contributed by atoms with E-state index in [1.807, 2.05) is 12.1 Å². The summed E-state index contributed by atoms with van der Waals surface area (Å²) in [6.45, 7) is 5.99. The van der Waals surface area contributed by atoms with Crippen LogP contribution in [0.25, 0.3) is 0 Å². The third-order valence-electron chi connectivity index (χ3n) is 3.74. The van der Waals surface area contributed by atoms with Crippen molar-refractivity contribution in [3.63, 3.8) is 0 Å². The first-order valence-corrected chi connectivity index (χ1v) is 8.18. The number of hydrogen-bond donors (Lipinski definition) is 0. The summed E-state index contributed by atoms with van der Waals surface area (Å²) in [6, 6.07) is 5.12. The van der Waals surface area contributed by atoms with Gasteiger partial charge in [-0.3, -0.25) is 4.90 Å². The van der Waals surface area contributed by atoms with Crippen molar-refractivity contribution in [1.29, 1.82) is 0 Å². The summed E-state index contributed by atoms with van der Waals surface area (Å²) in [5, 5.41) is 1.01. The van der Waals surface area contributed by atoms with Crippen LogP contribution in [0.3, 0.4) is 0 Å². The molecule has 0 unspecified atom stereocenters. The maximum atomic E-state index is 14.0. The first-order chi connectivity index (χ1) is 9.72. The minimum Gasteiger partial charge on any atom is -0.497 e. The molecule has 1 aromatic carbocycles. The molecule has 0 atom stereocenters. The Morgan fingerprint density at radius 1 is 1.20 bits per heavy atom. The van der Waals surface area contributed by atoms with Gasteiger partial charge >= 0.3 is 0 Å². The number of hydrogen-bond acceptors (Lipinski definition) is 3. The minimum atomic E-state index is -0.175. The largest absolute Gasteiger partial charge is 0.497 e. The van der Waals surface area contributed by atoms with E-state index in [4.69, 9.17) is 4.74 Å². The number of nitrogens with zero attached hydrogens (tertiary/aromatic N) is 2. The fourth-order valence-corrected chi connectivity index (χ4v) is 3.05. The first-order valence-electron chi connectivity index (χ1n) is 7.06. The predicted molar refractivity (Wildman–Crippen MR) is 83.1 cm³/mol. The van der Waals surface area contributed by atoms with Gasteiger partial charge in [0.1, 0.15) is 11.6 Å². The van der Waals surface area contributed by atoms with Crippen molar-refractivity contribution < 1.29 is 9.13 Å². The number of methoxy groups -OCH3 is 1. The molecule has 0 amide bonds. The quantitative estimate of drug-likeness (QED) is 0.764. The molecule has 3 nitrogen and oxygen atoms in total. The lowest BCUT2D eigenvalue weighted by atomic mass is 10.2. The number of alkyl halides is 1. The standard InChI is InChI=1S/C15H22BrFN2O/c1-20-14-4-3-13(15(17)11-14)12-19-7-2-6-18(8-5-16)9-10-19/h3-4,11H,2,5-10,12H2,1H3. The average Bonchev–Trinajstić information content (AvgIpc) is 2.67. The van der Waals surface area contributed by atoms with Gasteiger partial charge < -0.3 is 9.64 Å². The average molecular weight is 345 g/mol. The van der Waals surface area contributed by atoms with Gasteiger partial charge in [-0.25, -0.2) is 4.39 Å². The van der Waals surface area contributed by atoms with Crippen LogP contribution in [-0.2, 0) is 6.54 Å². The van der Waals surface area contributed by atoms with E-state index >= 15 is 0 Å². The van der Waals surface area contributed by atoms with Crippen molar-refractivity contribution in [3.05, 3.63) is 29.6 Å². The maximum absolute atomic E-state index is 14.0. The lowest BCUT2D eigenvalue weighted by Crippen LogP contribution is -2.31. The topological polar surface area (TPSA) is 15.7 Å². The van der Waals surface area contributed by atoms with Gasteiger partial charge in [0, 0.05) is 43.1 Å².